The number of ether oxygens (including phenoxy) is 1. The number of nitrogens with zero attached hydrogens (tertiary/aromatic N) is 2. The molecule has 6 nitrogen and oxygen atoms in total. The molecule has 1 aliphatic carbocycles. The highest BCUT2D eigenvalue weighted by atomic mass is 16.5. The maximum Gasteiger partial charge on any atom is 0.338 e. The fourth-order valence-corrected chi connectivity index (χ4v) is 3.39. The topological polar surface area (TPSA) is 73.2 Å². The molecule has 1 heterocycles. The van der Waals surface area contributed by atoms with E-state index in [0.717, 1.165) is 5.56 Å². The number of carbonyl (C=O) groups is 2. The standard InChI is InChI=1S/C21H27N3O3/c1-16(20(25)22-14-17-6-3-2-4-7-17)27-21(26)19-10-8-18(9-11-19)15-24-13-5-12-23-24/h5,8-13,16-17H,2-4,6-7,14-15H2,1H3,(H,22,25). The van der Waals surface area contributed by atoms with E-state index in [4.69, 9.17) is 4.74 Å². The van der Waals surface area contributed by atoms with Gasteiger partial charge in [0, 0.05) is 18.9 Å². The SMILES string of the molecule is CC(OC(=O)c1ccc(Cn2cccn2)cc1)C(=O)NCC1CCCCC1. The molecule has 2 aromatic rings. The van der Waals surface area contributed by atoms with Gasteiger partial charge in [-0.05, 0) is 49.4 Å². The van der Waals surface area contributed by atoms with Gasteiger partial charge in [-0.15, -0.1) is 0 Å². The number of esters is 1. The fourth-order valence-electron chi connectivity index (χ4n) is 3.39. The molecule has 3 rings (SSSR count). The van der Waals surface area contributed by atoms with Gasteiger partial charge in [0.1, 0.15) is 0 Å². The largest absolute Gasteiger partial charge is 0.449 e. The number of hydrogen-bond donors (Lipinski definition) is 1. The first kappa shape index (κ1) is 19.1. The van der Waals surface area contributed by atoms with Crippen LogP contribution in [0.25, 0.3) is 0 Å². The Bertz CT molecular complexity index is 735. The van der Waals surface area contributed by atoms with E-state index < -0.39 is 12.1 Å². The van der Waals surface area contributed by atoms with Gasteiger partial charge >= 0.3 is 5.97 Å². The van der Waals surface area contributed by atoms with Crippen molar-refractivity contribution in [2.24, 2.45) is 5.92 Å². The second kappa shape index (κ2) is 9.35. The first-order valence-corrected chi connectivity index (χ1v) is 9.67. The Morgan fingerprint density at radius 1 is 1.22 bits per heavy atom. The average molecular weight is 369 g/mol. The average Bonchev–Trinajstić information content (AvgIpc) is 3.20. The predicted octanol–water partition coefficient (Wildman–Crippen LogP) is 3.17. The van der Waals surface area contributed by atoms with Crippen molar-refractivity contribution in [1.29, 1.82) is 0 Å². The Labute approximate surface area is 159 Å². The third-order valence-electron chi connectivity index (χ3n) is 5.04. The lowest BCUT2D eigenvalue weighted by Crippen LogP contribution is -2.38. The molecular formula is C21H27N3O3. The number of hydrogen-bond acceptors (Lipinski definition) is 4. The van der Waals surface area contributed by atoms with Crippen LogP contribution < -0.4 is 5.32 Å². The molecule has 6 heteroatoms. The summed E-state index contributed by atoms with van der Waals surface area (Å²) in [5.41, 5.74) is 1.47. The third kappa shape index (κ3) is 5.67. The van der Waals surface area contributed by atoms with Crippen LogP contribution in [-0.4, -0.2) is 34.3 Å². The van der Waals surface area contributed by atoms with Crippen LogP contribution in [0.15, 0.2) is 42.7 Å². The molecule has 1 unspecified atom stereocenters. The van der Waals surface area contributed by atoms with Crippen LogP contribution in [-0.2, 0) is 16.1 Å². The molecule has 1 fully saturated rings. The van der Waals surface area contributed by atoms with Gasteiger partial charge in [0.25, 0.3) is 5.91 Å². The summed E-state index contributed by atoms with van der Waals surface area (Å²) in [4.78, 5) is 24.5. The smallest absolute Gasteiger partial charge is 0.338 e. The molecule has 0 aliphatic heterocycles. The molecule has 0 bridgehead atoms. The molecule has 0 saturated heterocycles. The second-order valence-corrected chi connectivity index (χ2v) is 7.20. The van der Waals surface area contributed by atoms with Crippen LogP contribution in [0.2, 0.25) is 0 Å². The van der Waals surface area contributed by atoms with E-state index in [1.54, 1.807) is 25.3 Å². The van der Waals surface area contributed by atoms with Crippen molar-refractivity contribution >= 4 is 11.9 Å². The Balaban J connectivity index is 1.46. The van der Waals surface area contributed by atoms with Crippen molar-refractivity contribution in [3.05, 3.63) is 53.9 Å². The number of rotatable bonds is 7. The van der Waals surface area contributed by atoms with Gasteiger partial charge in [0.15, 0.2) is 6.10 Å². The van der Waals surface area contributed by atoms with Gasteiger partial charge in [0.2, 0.25) is 0 Å². The first-order valence-electron chi connectivity index (χ1n) is 9.67. The molecular weight excluding hydrogens is 342 g/mol. The van der Waals surface area contributed by atoms with E-state index in [-0.39, 0.29) is 5.91 Å². The van der Waals surface area contributed by atoms with Crippen LogP contribution >= 0.6 is 0 Å². The van der Waals surface area contributed by atoms with Crippen molar-refractivity contribution in [2.45, 2.75) is 51.7 Å². The van der Waals surface area contributed by atoms with Crippen molar-refractivity contribution in [3.63, 3.8) is 0 Å². The first-order chi connectivity index (χ1) is 13.1. The fraction of sp³-hybridized carbons (Fsp3) is 0.476. The quantitative estimate of drug-likeness (QED) is 0.761. The summed E-state index contributed by atoms with van der Waals surface area (Å²) >= 11 is 0. The molecule has 1 saturated carbocycles. The van der Waals surface area contributed by atoms with E-state index >= 15 is 0 Å². The minimum atomic E-state index is -0.801. The molecule has 1 aliphatic rings. The Kier molecular flexibility index (Phi) is 6.63. The highest BCUT2D eigenvalue weighted by molar-refractivity contribution is 5.92. The molecule has 144 valence electrons. The molecule has 1 aromatic carbocycles. The zero-order chi connectivity index (χ0) is 19.1. The summed E-state index contributed by atoms with van der Waals surface area (Å²) in [5, 5.41) is 7.08. The number of nitrogens with one attached hydrogen (secondary N) is 1. The molecule has 1 N–H and O–H groups in total. The summed E-state index contributed by atoms with van der Waals surface area (Å²) in [6.45, 7) is 2.92. The van der Waals surface area contributed by atoms with Crippen LogP contribution in [0.5, 0.6) is 0 Å². The summed E-state index contributed by atoms with van der Waals surface area (Å²) in [6.07, 6.45) is 8.91. The van der Waals surface area contributed by atoms with E-state index in [0.29, 0.717) is 24.6 Å². The Morgan fingerprint density at radius 2 is 1.96 bits per heavy atom. The summed E-state index contributed by atoms with van der Waals surface area (Å²) in [5.74, 6) is -0.168. The highest BCUT2D eigenvalue weighted by Crippen LogP contribution is 2.22. The van der Waals surface area contributed by atoms with E-state index in [1.165, 1.54) is 32.1 Å². The Morgan fingerprint density at radius 3 is 2.63 bits per heavy atom. The third-order valence-corrected chi connectivity index (χ3v) is 5.04. The molecule has 27 heavy (non-hydrogen) atoms. The Hall–Kier alpha value is -2.63. The zero-order valence-corrected chi connectivity index (χ0v) is 15.8. The number of amides is 1. The normalized spacial score (nSPS) is 15.9. The van der Waals surface area contributed by atoms with Gasteiger partial charge < -0.3 is 10.1 Å². The number of carbonyl (C=O) groups excluding carboxylic acids is 2. The van der Waals surface area contributed by atoms with Crippen molar-refractivity contribution in [1.82, 2.24) is 15.1 Å². The molecule has 0 spiro atoms. The molecule has 1 atom stereocenters. The van der Waals surface area contributed by atoms with E-state index in [1.807, 2.05) is 29.1 Å². The van der Waals surface area contributed by atoms with Gasteiger partial charge in [-0.2, -0.15) is 5.10 Å². The lowest BCUT2D eigenvalue weighted by Gasteiger charge is -2.22. The van der Waals surface area contributed by atoms with E-state index in [9.17, 15) is 9.59 Å². The molecule has 1 amide bonds. The summed E-state index contributed by atoms with van der Waals surface area (Å²) in [6, 6.07) is 9.03. The van der Waals surface area contributed by atoms with Gasteiger partial charge in [-0.25, -0.2) is 4.79 Å². The van der Waals surface area contributed by atoms with Crippen LogP contribution in [0.1, 0.15) is 54.9 Å². The molecule has 0 radical (unpaired) electrons. The monoisotopic (exact) mass is 369 g/mol. The number of aromatic nitrogens is 2. The second-order valence-electron chi connectivity index (χ2n) is 7.20. The minimum absolute atomic E-state index is 0.232. The zero-order valence-electron chi connectivity index (χ0n) is 15.8. The van der Waals surface area contributed by atoms with Crippen molar-refractivity contribution in [2.75, 3.05) is 6.54 Å². The predicted molar refractivity (Wildman–Crippen MR) is 102 cm³/mol. The maximum absolute atomic E-state index is 12.3. The highest BCUT2D eigenvalue weighted by Gasteiger charge is 2.20. The maximum atomic E-state index is 12.3. The minimum Gasteiger partial charge on any atom is -0.449 e. The summed E-state index contributed by atoms with van der Waals surface area (Å²) < 4.78 is 7.13. The van der Waals surface area contributed by atoms with Gasteiger partial charge in [-0.1, -0.05) is 31.4 Å². The van der Waals surface area contributed by atoms with Gasteiger partial charge in [0.05, 0.1) is 12.1 Å². The van der Waals surface area contributed by atoms with E-state index in [2.05, 4.69) is 10.4 Å². The van der Waals surface area contributed by atoms with Crippen LogP contribution in [0, 0.1) is 5.92 Å². The number of benzene rings is 1. The van der Waals surface area contributed by atoms with Gasteiger partial charge in [-0.3, -0.25) is 9.48 Å². The lowest BCUT2D eigenvalue weighted by molar-refractivity contribution is -0.129. The van der Waals surface area contributed by atoms with Crippen molar-refractivity contribution in [3.8, 4) is 0 Å². The molecule has 1 aromatic heterocycles. The summed E-state index contributed by atoms with van der Waals surface area (Å²) in [7, 11) is 0. The van der Waals surface area contributed by atoms with Crippen molar-refractivity contribution < 1.29 is 14.3 Å². The van der Waals surface area contributed by atoms with Crippen LogP contribution in [0.4, 0.5) is 0 Å². The van der Waals surface area contributed by atoms with Crippen LogP contribution in [0.3, 0.4) is 0 Å². The lowest BCUT2D eigenvalue weighted by atomic mass is 9.89.